The van der Waals surface area contributed by atoms with Gasteiger partial charge in [0.1, 0.15) is 0 Å². The maximum Gasteiger partial charge on any atom is 0.0628 e. The van der Waals surface area contributed by atoms with Crippen LogP contribution in [0.5, 0.6) is 0 Å². The summed E-state index contributed by atoms with van der Waals surface area (Å²) >= 11 is 0. The van der Waals surface area contributed by atoms with E-state index in [1.807, 2.05) is 0 Å². The second kappa shape index (κ2) is 6.30. The summed E-state index contributed by atoms with van der Waals surface area (Å²) in [6, 6.07) is 0. The minimum absolute atomic E-state index is 0.0228. The molecule has 0 aliphatic carbocycles. The quantitative estimate of drug-likeness (QED) is 0.706. The monoisotopic (exact) mass is 257 g/mol. The highest BCUT2D eigenvalue weighted by atomic mass is 16.5. The number of nitrogens with zero attached hydrogens (tertiary/aromatic N) is 3. The lowest BCUT2D eigenvalue weighted by Gasteiger charge is -2.35. The van der Waals surface area contributed by atoms with Gasteiger partial charge in [-0.1, -0.05) is 0 Å². The summed E-state index contributed by atoms with van der Waals surface area (Å²) in [5.74, 6) is 0. The number of ether oxygens (including phenoxy) is 1. The number of aliphatic hydroxyl groups is 1. The van der Waals surface area contributed by atoms with Gasteiger partial charge in [0.2, 0.25) is 0 Å². The summed E-state index contributed by atoms with van der Waals surface area (Å²) in [6.07, 6.45) is 1.07. The van der Waals surface area contributed by atoms with Gasteiger partial charge in [0.15, 0.2) is 0 Å². The summed E-state index contributed by atoms with van der Waals surface area (Å²) in [4.78, 5) is 7.13. The molecule has 2 aliphatic heterocycles. The van der Waals surface area contributed by atoms with Crippen molar-refractivity contribution in [3.8, 4) is 0 Å². The minimum atomic E-state index is -0.0228. The van der Waals surface area contributed by atoms with Gasteiger partial charge in [-0.3, -0.25) is 4.90 Å². The van der Waals surface area contributed by atoms with Crippen molar-refractivity contribution in [1.29, 1.82) is 0 Å². The van der Waals surface area contributed by atoms with E-state index < -0.39 is 0 Å². The summed E-state index contributed by atoms with van der Waals surface area (Å²) in [5, 5.41) is 9.63. The molecule has 2 heterocycles. The molecule has 1 atom stereocenters. The van der Waals surface area contributed by atoms with Crippen LogP contribution in [0, 0.1) is 0 Å². The van der Waals surface area contributed by atoms with Crippen LogP contribution in [-0.2, 0) is 4.74 Å². The number of likely N-dealkylation sites (N-methyl/N-ethyl adjacent to an activating group) is 1. The molecule has 106 valence electrons. The van der Waals surface area contributed by atoms with E-state index in [2.05, 4.69) is 28.8 Å². The Balaban J connectivity index is 1.75. The summed E-state index contributed by atoms with van der Waals surface area (Å²) in [6.45, 7) is 8.45. The van der Waals surface area contributed by atoms with Crippen molar-refractivity contribution >= 4 is 0 Å². The fraction of sp³-hybridized carbons (Fsp3) is 1.00. The summed E-state index contributed by atoms with van der Waals surface area (Å²) in [5.41, 5.74) is -0.0228. The number of morpholine rings is 1. The first-order chi connectivity index (χ1) is 8.66. The van der Waals surface area contributed by atoms with E-state index in [1.54, 1.807) is 0 Å². The first-order valence-corrected chi connectivity index (χ1v) is 6.97. The van der Waals surface area contributed by atoms with Gasteiger partial charge in [0, 0.05) is 39.3 Å². The second-order valence-corrected chi connectivity index (χ2v) is 5.76. The van der Waals surface area contributed by atoms with Crippen molar-refractivity contribution in [2.75, 3.05) is 73.2 Å². The normalized spacial score (nSPS) is 31.3. The third kappa shape index (κ3) is 3.22. The minimum Gasteiger partial charge on any atom is -0.394 e. The second-order valence-electron chi connectivity index (χ2n) is 5.76. The summed E-state index contributed by atoms with van der Waals surface area (Å²) < 4.78 is 5.36. The van der Waals surface area contributed by atoms with Gasteiger partial charge in [-0.2, -0.15) is 0 Å². The predicted octanol–water partition coefficient (Wildman–Crippen LogP) is -0.683. The Hall–Kier alpha value is -0.200. The van der Waals surface area contributed by atoms with Gasteiger partial charge in [0.25, 0.3) is 0 Å². The lowest BCUT2D eigenvalue weighted by Crippen LogP contribution is -2.50. The molecule has 0 aromatic carbocycles. The standard InChI is InChI=1S/C13H27N3O2/c1-14(2)13(12-17)3-4-16(11-13)6-5-15-7-9-18-10-8-15/h17H,3-12H2,1-2H3. The van der Waals surface area contributed by atoms with Crippen LogP contribution >= 0.6 is 0 Å². The van der Waals surface area contributed by atoms with Gasteiger partial charge in [-0.05, 0) is 20.5 Å². The highest BCUT2D eigenvalue weighted by molar-refractivity contribution is 4.96. The van der Waals surface area contributed by atoms with Crippen LogP contribution in [0.25, 0.3) is 0 Å². The fourth-order valence-corrected chi connectivity index (χ4v) is 2.87. The zero-order chi connectivity index (χ0) is 13.0. The average Bonchev–Trinajstić information content (AvgIpc) is 2.83. The zero-order valence-electron chi connectivity index (χ0n) is 11.8. The first-order valence-electron chi connectivity index (χ1n) is 6.97. The van der Waals surface area contributed by atoms with E-state index in [1.165, 1.54) is 0 Å². The van der Waals surface area contributed by atoms with Gasteiger partial charge in [-0.25, -0.2) is 0 Å². The third-order valence-electron chi connectivity index (χ3n) is 4.49. The van der Waals surface area contributed by atoms with E-state index in [0.29, 0.717) is 0 Å². The number of aliphatic hydroxyl groups excluding tert-OH is 1. The Bertz CT molecular complexity index is 257. The molecule has 5 nitrogen and oxygen atoms in total. The van der Waals surface area contributed by atoms with Crippen molar-refractivity contribution in [3.05, 3.63) is 0 Å². The van der Waals surface area contributed by atoms with Gasteiger partial charge in [0.05, 0.1) is 25.4 Å². The van der Waals surface area contributed by atoms with Crippen molar-refractivity contribution in [2.45, 2.75) is 12.0 Å². The van der Waals surface area contributed by atoms with E-state index in [-0.39, 0.29) is 12.1 Å². The average molecular weight is 257 g/mol. The number of hydrogen-bond donors (Lipinski definition) is 1. The SMILES string of the molecule is CN(C)C1(CO)CCN(CCN2CCOCC2)C1. The van der Waals surface area contributed by atoms with Crippen LogP contribution in [0.1, 0.15) is 6.42 Å². The number of likely N-dealkylation sites (tertiary alicyclic amines) is 1. The van der Waals surface area contributed by atoms with E-state index in [9.17, 15) is 5.11 Å². The Morgan fingerprint density at radius 2 is 1.78 bits per heavy atom. The third-order valence-corrected chi connectivity index (χ3v) is 4.49. The van der Waals surface area contributed by atoms with Gasteiger partial charge in [-0.15, -0.1) is 0 Å². The lowest BCUT2D eigenvalue weighted by atomic mass is 9.99. The topological polar surface area (TPSA) is 39.2 Å². The zero-order valence-corrected chi connectivity index (χ0v) is 11.8. The van der Waals surface area contributed by atoms with E-state index in [0.717, 1.165) is 58.9 Å². The molecule has 1 N–H and O–H groups in total. The Morgan fingerprint density at radius 3 is 2.33 bits per heavy atom. The molecule has 2 fully saturated rings. The number of hydrogen-bond acceptors (Lipinski definition) is 5. The largest absolute Gasteiger partial charge is 0.394 e. The maximum absolute atomic E-state index is 9.63. The smallest absolute Gasteiger partial charge is 0.0628 e. The predicted molar refractivity (Wildman–Crippen MR) is 71.8 cm³/mol. The molecule has 1 unspecified atom stereocenters. The summed E-state index contributed by atoms with van der Waals surface area (Å²) in [7, 11) is 4.14. The number of rotatable bonds is 5. The highest BCUT2D eigenvalue weighted by Crippen LogP contribution is 2.25. The van der Waals surface area contributed by atoms with E-state index in [4.69, 9.17) is 4.74 Å². The van der Waals surface area contributed by atoms with Crippen LogP contribution in [0.3, 0.4) is 0 Å². The molecule has 0 aromatic rings. The molecule has 0 aromatic heterocycles. The van der Waals surface area contributed by atoms with Crippen molar-refractivity contribution in [2.24, 2.45) is 0 Å². The van der Waals surface area contributed by atoms with Gasteiger partial charge >= 0.3 is 0 Å². The molecule has 0 bridgehead atoms. The molecule has 0 radical (unpaired) electrons. The van der Waals surface area contributed by atoms with Crippen LogP contribution in [0.2, 0.25) is 0 Å². The molecule has 5 heteroatoms. The molecule has 2 saturated heterocycles. The van der Waals surface area contributed by atoms with Crippen molar-refractivity contribution < 1.29 is 9.84 Å². The Labute approximate surface area is 110 Å². The molecule has 0 amide bonds. The molecule has 18 heavy (non-hydrogen) atoms. The Kier molecular flexibility index (Phi) is 4.98. The lowest BCUT2D eigenvalue weighted by molar-refractivity contribution is 0.0322. The molecule has 0 saturated carbocycles. The maximum atomic E-state index is 9.63. The van der Waals surface area contributed by atoms with Crippen LogP contribution in [0.4, 0.5) is 0 Å². The first kappa shape index (κ1) is 14.2. The Morgan fingerprint density at radius 1 is 1.11 bits per heavy atom. The van der Waals surface area contributed by atoms with Crippen molar-refractivity contribution in [3.63, 3.8) is 0 Å². The van der Waals surface area contributed by atoms with Crippen LogP contribution in [-0.4, -0.2) is 98.5 Å². The van der Waals surface area contributed by atoms with E-state index >= 15 is 0 Å². The highest BCUT2D eigenvalue weighted by Gasteiger charge is 2.39. The molecular formula is C13H27N3O2. The van der Waals surface area contributed by atoms with Gasteiger partial charge < -0.3 is 19.6 Å². The molecule has 0 spiro atoms. The molecular weight excluding hydrogens is 230 g/mol. The molecule has 2 rings (SSSR count). The fourth-order valence-electron chi connectivity index (χ4n) is 2.87. The molecule has 2 aliphatic rings. The van der Waals surface area contributed by atoms with Crippen molar-refractivity contribution in [1.82, 2.24) is 14.7 Å². The van der Waals surface area contributed by atoms with Crippen LogP contribution < -0.4 is 0 Å². The van der Waals surface area contributed by atoms with Crippen LogP contribution in [0.15, 0.2) is 0 Å².